The fourth-order valence-electron chi connectivity index (χ4n) is 1.76. The molecule has 0 saturated carbocycles. The molecule has 0 atom stereocenters. The van der Waals surface area contributed by atoms with Gasteiger partial charge in [-0.05, 0) is 48.1 Å². The Bertz CT molecular complexity index is 776. The molecule has 2 aromatic rings. The molecule has 7 nitrogen and oxygen atoms in total. The van der Waals surface area contributed by atoms with Crippen molar-refractivity contribution in [1.29, 1.82) is 0 Å². The van der Waals surface area contributed by atoms with Crippen LogP contribution < -0.4 is 20.9 Å². The monoisotopic (exact) mass is 356 g/mol. The normalized spacial score (nSPS) is 10.1. The molecule has 0 aliphatic rings. The number of hydrogen-bond donors (Lipinski definition) is 3. The Morgan fingerprint density at radius 3 is 2.40 bits per heavy atom. The molecule has 2 rings (SSSR count). The highest BCUT2D eigenvalue weighted by atomic mass is 32.1. The molecule has 25 heavy (non-hydrogen) atoms. The quantitative estimate of drug-likeness (QED) is 0.436. The highest BCUT2D eigenvalue weighted by molar-refractivity contribution is 7.80. The predicted molar refractivity (Wildman–Crippen MR) is 97.6 cm³/mol. The largest absolute Gasteiger partial charge is 0.497 e. The molecule has 1 aromatic carbocycles. The standard InChI is InChI=1S/C17H16N4O3S/c1-24-14-5-2-12(3-6-14)4-7-15(22)19-17(25)21-20-16(23)13-8-10-18-11-9-13/h2-11H,1H3,(H,20,23)(H2,19,21,22,25)/b7-4+. The van der Waals surface area contributed by atoms with E-state index in [1.165, 1.54) is 18.5 Å². The Kier molecular flexibility index (Phi) is 6.61. The predicted octanol–water partition coefficient (Wildman–Crippen LogP) is 1.44. The average Bonchev–Trinajstić information content (AvgIpc) is 2.65. The molecular formula is C17H16N4O3S. The Labute approximate surface area is 150 Å². The van der Waals surface area contributed by atoms with Crippen molar-refractivity contribution in [3.8, 4) is 5.75 Å². The van der Waals surface area contributed by atoms with Crippen molar-refractivity contribution >= 4 is 35.2 Å². The zero-order valence-corrected chi connectivity index (χ0v) is 14.2. The lowest BCUT2D eigenvalue weighted by atomic mass is 10.2. The van der Waals surface area contributed by atoms with Gasteiger partial charge in [-0.25, -0.2) is 0 Å². The number of nitrogens with one attached hydrogen (secondary N) is 3. The van der Waals surface area contributed by atoms with Gasteiger partial charge in [-0.15, -0.1) is 0 Å². The van der Waals surface area contributed by atoms with E-state index in [4.69, 9.17) is 17.0 Å². The topological polar surface area (TPSA) is 92.4 Å². The van der Waals surface area contributed by atoms with E-state index in [1.54, 1.807) is 37.5 Å². The maximum Gasteiger partial charge on any atom is 0.269 e. The van der Waals surface area contributed by atoms with E-state index >= 15 is 0 Å². The van der Waals surface area contributed by atoms with Crippen LogP contribution in [0.1, 0.15) is 15.9 Å². The maximum atomic E-state index is 11.8. The van der Waals surface area contributed by atoms with E-state index < -0.39 is 11.8 Å². The number of carbonyl (C=O) groups excluding carboxylic acids is 2. The van der Waals surface area contributed by atoms with Gasteiger partial charge in [0.15, 0.2) is 5.11 Å². The van der Waals surface area contributed by atoms with Crippen molar-refractivity contribution < 1.29 is 14.3 Å². The summed E-state index contributed by atoms with van der Waals surface area (Å²) in [6.45, 7) is 0. The molecule has 1 heterocycles. The van der Waals surface area contributed by atoms with E-state index in [2.05, 4.69) is 21.2 Å². The first-order chi connectivity index (χ1) is 12.1. The lowest BCUT2D eigenvalue weighted by molar-refractivity contribution is -0.115. The first kappa shape index (κ1) is 18.1. The van der Waals surface area contributed by atoms with Crippen LogP contribution in [0.4, 0.5) is 0 Å². The van der Waals surface area contributed by atoms with Gasteiger partial charge in [0.1, 0.15) is 5.75 Å². The van der Waals surface area contributed by atoms with Gasteiger partial charge in [0.25, 0.3) is 5.91 Å². The Balaban J connectivity index is 1.78. The van der Waals surface area contributed by atoms with Crippen LogP contribution in [-0.4, -0.2) is 29.0 Å². The minimum Gasteiger partial charge on any atom is -0.497 e. The Morgan fingerprint density at radius 2 is 1.76 bits per heavy atom. The highest BCUT2D eigenvalue weighted by Crippen LogP contribution is 2.12. The van der Waals surface area contributed by atoms with Crippen LogP contribution in [-0.2, 0) is 4.79 Å². The molecule has 0 fully saturated rings. The first-order valence-corrected chi connectivity index (χ1v) is 7.63. The molecule has 128 valence electrons. The van der Waals surface area contributed by atoms with Gasteiger partial charge in [0.2, 0.25) is 5.91 Å². The second kappa shape index (κ2) is 9.14. The molecule has 0 saturated heterocycles. The third-order valence-corrected chi connectivity index (χ3v) is 3.22. The minimum absolute atomic E-state index is 0.0215. The molecule has 0 aliphatic carbocycles. The van der Waals surface area contributed by atoms with Gasteiger partial charge >= 0.3 is 0 Å². The number of methoxy groups -OCH3 is 1. The minimum atomic E-state index is -0.425. The summed E-state index contributed by atoms with van der Waals surface area (Å²) >= 11 is 4.94. The smallest absolute Gasteiger partial charge is 0.269 e. The summed E-state index contributed by atoms with van der Waals surface area (Å²) < 4.78 is 5.06. The van der Waals surface area contributed by atoms with E-state index in [0.29, 0.717) is 5.56 Å². The van der Waals surface area contributed by atoms with Crippen molar-refractivity contribution in [3.63, 3.8) is 0 Å². The van der Waals surface area contributed by atoms with Crippen LogP contribution in [0.5, 0.6) is 5.75 Å². The van der Waals surface area contributed by atoms with Crippen LogP contribution >= 0.6 is 12.2 Å². The number of pyridine rings is 1. The molecule has 2 amide bonds. The zero-order chi connectivity index (χ0) is 18.1. The summed E-state index contributed by atoms with van der Waals surface area (Å²) in [4.78, 5) is 27.4. The van der Waals surface area contributed by atoms with E-state index in [-0.39, 0.29) is 5.11 Å². The second-order valence-corrected chi connectivity index (χ2v) is 5.15. The first-order valence-electron chi connectivity index (χ1n) is 7.22. The van der Waals surface area contributed by atoms with Crippen LogP contribution in [0.2, 0.25) is 0 Å². The van der Waals surface area contributed by atoms with Gasteiger partial charge < -0.3 is 4.74 Å². The highest BCUT2D eigenvalue weighted by Gasteiger charge is 2.06. The summed E-state index contributed by atoms with van der Waals surface area (Å²) in [7, 11) is 1.58. The number of carbonyl (C=O) groups is 2. The molecule has 0 radical (unpaired) electrons. The van der Waals surface area contributed by atoms with Crippen molar-refractivity contribution in [2.75, 3.05) is 7.11 Å². The number of nitrogens with zero attached hydrogens (tertiary/aromatic N) is 1. The number of rotatable bonds is 4. The number of hydrazine groups is 1. The lowest BCUT2D eigenvalue weighted by Crippen LogP contribution is -2.48. The fraction of sp³-hybridized carbons (Fsp3) is 0.0588. The number of ether oxygens (including phenoxy) is 1. The van der Waals surface area contributed by atoms with Crippen LogP contribution in [0, 0.1) is 0 Å². The van der Waals surface area contributed by atoms with Crippen molar-refractivity contribution in [3.05, 3.63) is 66.0 Å². The molecule has 3 N–H and O–H groups in total. The lowest BCUT2D eigenvalue weighted by Gasteiger charge is -2.09. The van der Waals surface area contributed by atoms with E-state index in [9.17, 15) is 9.59 Å². The van der Waals surface area contributed by atoms with Gasteiger partial charge in [0, 0.05) is 24.0 Å². The summed E-state index contributed by atoms with van der Waals surface area (Å²) in [5.74, 6) is -0.0869. The summed E-state index contributed by atoms with van der Waals surface area (Å²) in [5, 5.41) is 2.40. The Hall–Kier alpha value is -3.26. The molecule has 0 spiro atoms. The van der Waals surface area contributed by atoms with Crippen molar-refractivity contribution in [2.24, 2.45) is 0 Å². The van der Waals surface area contributed by atoms with Gasteiger partial charge in [0.05, 0.1) is 7.11 Å². The molecule has 0 bridgehead atoms. The van der Waals surface area contributed by atoms with Crippen LogP contribution in [0.15, 0.2) is 54.9 Å². The number of thiocarbonyl (C=S) groups is 1. The van der Waals surface area contributed by atoms with Crippen molar-refractivity contribution in [2.45, 2.75) is 0 Å². The van der Waals surface area contributed by atoms with E-state index in [1.807, 2.05) is 12.1 Å². The molecule has 1 aromatic heterocycles. The fourth-order valence-corrected chi connectivity index (χ4v) is 1.91. The molecule has 8 heteroatoms. The average molecular weight is 356 g/mol. The number of amides is 2. The van der Waals surface area contributed by atoms with E-state index in [0.717, 1.165) is 11.3 Å². The number of aromatic nitrogens is 1. The number of hydrogen-bond acceptors (Lipinski definition) is 5. The summed E-state index contributed by atoms with van der Waals surface area (Å²) in [6.07, 6.45) is 5.96. The molecule has 0 unspecified atom stereocenters. The van der Waals surface area contributed by atoms with Gasteiger partial charge in [-0.2, -0.15) is 0 Å². The van der Waals surface area contributed by atoms with Crippen LogP contribution in [0.3, 0.4) is 0 Å². The maximum absolute atomic E-state index is 11.8. The zero-order valence-electron chi connectivity index (χ0n) is 13.4. The molecular weight excluding hydrogens is 340 g/mol. The summed E-state index contributed by atoms with van der Waals surface area (Å²) in [5.41, 5.74) is 6.08. The Morgan fingerprint density at radius 1 is 1.08 bits per heavy atom. The van der Waals surface area contributed by atoms with Gasteiger partial charge in [-0.3, -0.25) is 30.7 Å². The second-order valence-electron chi connectivity index (χ2n) is 4.74. The van der Waals surface area contributed by atoms with Crippen LogP contribution in [0.25, 0.3) is 6.08 Å². The van der Waals surface area contributed by atoms with Crippen molar-refractivity contribution in [1.82, 2.24) is 21.2 Å². The third kappa shape index (κ3) is 6.04. The SMILES string of the molecule is COc1ccc(/C=C/C(=O)NC(=S)NNC(=O)c2ccncc2)cc1. The number of benzene rings is 1. The summed E-state index contributed by atoms with van der Waals surface area (Å²) in [6, 6.07) is 10.3. The molecule has 0 aliphatic heterocycles. The van der Waals surface area contributed by atoms with Gasteiger partial charge in [-0.1, -0.05) is 12.1 Å². The third-order valence-electron chi connectivity index (χ3n) is 3.01.